The standard InChI is InChI=1S/C35H28ClN3O4S/c1-22-31(33(40)38-27-6-4-3-5-7-27)32(25-12-18-28(42-2)19-13-25)39-34(41)30(44-35(39)37-22)20-23-10-16-29(17-11-23)43-21-24-8-14-26(36)15-9-24/h3-20,32H,21H2,1-2H3,(H,38,40)/b30-20+/t32-/m0/s1. The predicted octanol–water partition coefficient (Wildman–Crippen LogP) is 6.11. The van der Waals surface area contributed by atoms with Crippen LogP contribution in [-0.2, 0) is 11.4 Å². The van der Waals surface area contributed by atoms with Gasteiger partial charge in [0.05, 0.1) is 29.0 Å². The van der Waals surface area contributed by atoms with Crippen molar-refractivity contribution < 1.29 is 14.3 Å². The molecule has 1 aliphatic rings. The Bertz CT molecular complexity index is 2020. The van der Waals surface area contributed by atoms with Crippen LogP contribution in [0.25, 0.3) is 6.08 Å². The first-order chi connectivity index (χ1) is 21.4. The number of rotatable bonds is 8. The van der Waals surface area contributed by atoms with Gasteiger partial charge in [-0.3, -0.25) is 14.2 Å². The van der Waals surface area contributed by atoms with Crippen molar-refractivity contribution in [2.45, 2.75) is 19.6 Å². The number of carbonyl (C=O) groups excluding carboxylic acids is 1. The summed E-state index contributed by atoms with van der Waals surface area (Å²) in [7, 11) is 1.60. The summed E-state index contributed by atoms with van der Waals surface area (Å²) in [6, 6.07) is 31.0. The first kappa shape index (κ1) is 29.2. The fraction of sp³-hybridized carbons (Fsp3) is 0.114. The van der Waals surface area contributed by atoms with Gasteiger partial charge in [0, 0.05) is 10.7 Å². The highest BCUT2D eigenvalue weighted by molar-refractivity contribution is 7.07. The quantitative estimate of drug-likeness (QED) is 0.227. The molecule has 1 atom stereocenters. The molecule has 9 heteroatoms. The van der Waals surface area contributed by atoms with E-state index in [1.165, 1.54) is 11.3 Å². The van der Waals surface area contributed by atoms with Crippen LogP contribution in [-0.4, -0.2) is 17.6 Å². The summed E-state index contributed by atoms with van der Waals surface area (Å²) in [6.07, 6.45) is 1.83. The zero-order valence-corrected chi connectivity index (χ0v) is 25.6. The number of nitrogens with zero attached hydrogens (tertiary/aromatic N) is 2. The molecule has 1 aliphatic heterocycles. The Balaban J connectivity index is 1.34. The number of carbonyl (C=O) groups is 1. The Morgan fingerprint density at radius 3 is 2.32 bits per heavy atom. The van der Waals surface area contributed by atoms with Crippen molar-refractivity contribution in [3.05, 3.63) is 156 Å². The van der Waals surface area contributed by atoms with Gasteiger partial charge in [-0.25, -0.2) is 4.99 Å². The number of thiazole rings is 1. The first-order valence-corrected chi connectivity index (χ1v) is 15.1. The number of ether oxygens (including phenoxy) is 2. The van der Waals surface area contributed by atoms with Gasteiger partial charge in [-0.15, -0.1) is 0 Å². The molecule has 0 saturated heterocycles. The number of methoxy groups -OCH3 is 1. The lowest BCUT2D eigenvalue weighted by Gasteiger charge is -2.25. The van der Waals surface area contributed by atoms with Crippen LogP contribution in [0.3, 0.4) is 0 Å². The van der Waals surface area contributed by atoms with Gasteiger partial charge >= 0.3 is 0 Å². The SMILES string of the molecule is COc1ccc([C@H]2C(C(=O)Nc3ccccc3)=C(C)N=c3s/c(=C/c4ccc(OCc5ccc(Cl)cc5)cc4)c(=O)n32)cc1. The molecule has 44 heavy (non-hydrogen) atoms. The number of amides is 1. The zero-order chi connectivity index (χ0) is 30.6. The maximum atomic E-state index is 14.0. The van der Waals surface area contributed by atoms with Crippen LogP contribution in [0.5, 0.6) is 11.5 Å². The molecule has 2 heterocycles. The van der Waals surface area contributed by atoms with Crippen LogP contribution in [0.4, 0.5) is 5.69 Å². The van der Waals surface area contributed by atoms with Crippen molar-refractivity contribution in [3.63, 3.8) is 0 Å². The van der Waals surface area contributed by atoms with E-state index in [4.69, 9.17) is 26.1 Å². The highest BCUT2D eigenvalue weighted by atomic mass is 35.5. The number of anilines is 1. The number of allylic oxidation sites excluding steroid dienone is 1. The summed E-state index contributed by atoms with van der Waals surface area (Å²) in [6.45, 7) is 2.22. The molecule has 0 radical (unpaired) electrons. The topological polar surface area (TPSA) is 81.9 Å². The van der Waals surface area contributed by atoms with E-state index in [2.05, 4.69) is 5.32 Å². The Hall–Kier alpha value is -4.92. The van der Waals surface area contributed by atoms with Crippen molar-refractivity contribution in [1.82, 2.24) is 4.57 Å². The number of hydrogen-bond acceptors (Lipinski definition) is 6. The molecule has 0 saturated carbocycles. The third-order valence-electron chi connectivity index (χ3n) is 7.23. The van der Waals surface area contributed by atoms with E-state index in [1.807, 2.05) is 109 Å². The molecule has 0 spiro atoms. The van der Waals surface area contributed by atoms with Crippen molar-refractivity contribution in [2.75, 3.05) is 12.4 Å². The van der Waals surface area contributed by atoms with Crippen LogP contribution in [0.15, 0.2) is 124 Å². The lowest BCUT2D eigenvalue weighted by atomic mass is 9.95. The van der Waals surface area contributed by atoms with Crippen molar-refractivity contribution in [1.29, 1.82) is 0 Å². The third-order valence-corrected chi connectivity index (χ3v) is 8.46. The monoisotopic (exact) mass is 621 g/mol. The largest absolute Gasteiger partial charge is 0.497 e. The minimum atomic E-state index is -0.674. The van der Waals surface area contributed by atoms with Crippen molar-refractivity contribution >= 4 is 40.6 Å². The number of halogens is 1. The normalized spacial score (nSPS) is 14.5. The molecule has 7 nitrogen and oxygen atoms in total. The summed E-state index contributed by atoms with van der Waals surface area (Å²) < 4.78 is 13.4. The van der Waals surface area contributed by atoms with E-state index in [9.17, 15) is 9.59 Å². The average Bonchev–Trinajstić information content (AvgIpc) is 3.35. The molecule has 4 aromatic carbocycles. The third kappa shape index (κ3) is 6.22. The van der Waals surface area contributed by atoms with Crippen LogP contribution >= 0.6 is 22.9 Å². The van der Waals surface area contributed by atoms with Gasteiger partial charge < -0.3 is 14.8 Å². The molecule has 1 N–H and O–H groups in total. The van der Waals surface area contributed by atoms with Gasteiger partial charge in [-0.05, 0) is 78.2 Å². The number of hydrogen-bond donors (Lipinski definition) is 1. The van der Waals surface area contributed by atoms with E-state index in [0.29, 0.717) is 49.4 Å². The lowest BCUT2D eigenvalue weighted by molar-refractivity contribution is -0.113. The van der Waals surface area contributed by atoms with Gasteiger partial charge in [0.15, 0.2) is 4.80 Å². The smallest absolute Gasteiger partial charge is 0.271 e. The molecule has 6 rings (SSSR count). The number of nitrogens with one attached hydrogen (secondary N) is 1. The fourth-order valence-corrected chi connectivity index (χ4v) is 6.16. The van der Waals surface area contributed by atoms with Crippen LogP contribution in [0.1, 0.15) is 29.7 Å². The lowest BCUT2D eigenvalue weighted by Crippen LogP contribution is -2.40. The average molecular weight is 622 g/mol. The Morgan fingerprint density at radius 1 is 0.955 bits per heavy atom. The molecule has 0 unspecified atom stereocenters. The molecule has 0 aliphatic carbocycles. The van der Waals surface area contributed by atoms with Crippen LogP contribution in [0, 0.1) is 0 Å². The molecule has 1 amide bonds. The highest BCUT2D eigenvalue weighted by Gasteiger charge is 2.32. The molecule has 0 bridgehead atoms. The van der Waals surface area contributed by atoms with Crippen LogP contribution in [0.2, 0.25) is 5.02 Å². The molecule has 1 aromatic heterocycles. The van der Waals surface area contributed by atoms with E-state index in [1.54, 1.807) is 18.6 Å². The molecular weight excluding hydrogens is 594 g/mol. The van der Waals surface area contributed by atoms with E-state index < -0.39 is 6.04 Å². The Morgan fingerprint density at radius 2 is 1.64 bits per heavy atom. The summed E-state index contributed by atoms with van der Waals surface area (Å²) >= 11 is 7.26. The summed E-state index contributed by atoms with van der Waals surface area (Å²) in [5.74, 6) is 1.07. The Kier molecular flexibility index (Phi) is 8.45. The van der Waals surface area contributed by atoms with Gasteiger partial charge in [-0.1, -0.05) is 77.5 Å². The zero-order valence-electron chi connectivity index (χ0n) is 24.0. The van der Waals surface area contributed by atoms with Crippen molar-refractivity contribution in [2.24, 2.45) is 4.99 Å². The number of para-hydroxylation sites is 1. The van der Waals surface area contributed by atoms with E-state index in [0.717, 1.165) is 16.7 Å². The van der Waals surface area contributed by atoms with Gasteiger partial charge in [-0.2, -0.15) is 0 Å². The summed E-state index contributed by atoms with van der Waals surface area (Å²) in [5.41, 5.74) is 4.01. The van der Waals surface area contributed by atoms with Gasteiger partial charge in [0.25, 0.3) is 11.5 Å². The maximum absolute atomic E-state index is 14.0. The predicted molar refractivity (Wildman–Crippen MR) is 174 cm³/mol. The minimum absolute atomic E-state index is 0.227. The molecule has 5 aromatic rings. The second-order valence-electron chi connectivity index (χ2n) is 10.2. The molecule has 220 valence electrons. The second kappa shape index (κ2) is 12.8. The number of fused-ring (bicyclic) bond motifs is 1. The maximum Gasteiger partial charge on any atom is 0.271 e. The second-order valence-corrected chi connectivity index (χ2v) is 11.6. The molecular formula is C35H28ClN3O4S. The van der Waals surface area contributed by atoms with Gasteiger partial charge in [0.2, 0.25) is 0 Å². The Labute approximate surface area is 263 Å². The first-order valence-electron chi connectivity index (χ1n) is 13.9. The minimum Gasteiger partial charge on any atom is -0.497 e. The number of benzene rings is 4. The fourth-order valence-electron chi connectivity index (χ4n) is 4.99. The van der Waals surface area contributed by atoms with Gasteiger partial charge in [0.1, 0.15) is 18.1 Å². The van der Waals surface area contributed by atoms with Crippen molar-refractivity contribution in [3.8, 4) is 11.5 Å². The van der Waals surface area contributed by atoms with E-state index in [-0.39, 0.29) is 11.5 Å². The highest BCUT2D eigenvalue weighted by Crippen LogP contribution is 2.31. The van der Waals surface area contributed by atoms with E-state index >= 15 is 0 Å². The van der Waals surface area contributed by atoms with Crippen LogP contribution < -0.4 is 29.7 Å². The molecule has 0 fully saturated rings. The summed E-state index contributed by atoms with van der Waals surface area (Å²) in [5, 5.41) is 3.65. The number of aromatic nitrogens is 1. The summed E-state index contributed by atoms with van der Waals surface area (Å²) in [4.78, 5) is 32.9.